The van der Waals surface area contributed by atoms with Crippen molar-refractivity contribution >= 4 is 53.1 Å². The number of amides is 2. The smallest absolute Gasteiger partial charge is 0.251 e. The molecule has 0 saturated heterocycles. The third-order valence-electron chi connectivity index (χ3n) is 6.35. The second-order valence-electron chi connectivity index (χ2n) is 9.39. The Balaban J connectivity index is 0.00000231. The molecule has 0 unspecified atom stereocenters. The van der Waals surface area contributed by atoms with E-state index < -0.39 is 6.04 Å². The lowest BCUT2D eigenvalue weighted by Crippen LogP contribution is -2.32. The van der Waals surface area contributed by atoms with Gasteiger partial charge in [0.25, 0.3) is 5.91 Å². The van der Waals surface area contributed by atoms with Crippen LogP contribution in [0.4, 0.5) is 10.1 Å². The van der Waals surface area contributed by atoms with Crippen LogP contribution in [0, 0.1) is 5.82 Å². The number of H-pyrrole nitrogens is 1. The van der Waals surface area contributed by atoms with Crippen molar-refractivity contribution in [3.63, 3.8) is 0 Å². The second kappa shape index (κ2) is 13.4. The molecule has 0 saturated carbocycles. The Morgan fingerprint density at radius 2 is 1.61 bits per heavy atom. The highest BCUT2D eigenvalue weighted by Crippen LogP contribution is 2.27. The van der Waals surface area contributed by atoms with Gasteiger partial charge in [0.15, 0.2) is 5.82 Å². The molecule has 0 aliphatic rings. The molecule has 2 atom stereocenters. The highest BCUT2D eigenvalue weighted by Gasteiger charge is 2.17. The van der Waals surface area contributed by atoms with Crippen LogP contribution in [-0.4, -0.2) is 32.8 Å². The number of nitrogens with two attached hydrogens (primary N) is 1. The van der Waals surface area contributed by atoms with Crippen LogP contribution in [0.5, 0.6) is 0 Å². The molecule has 0 fully saturated rings. The van der Waals surface area contributed by atoms with Gasteiger partial charge >= 0.3 is 0 Å². The first-order valence-electron chi connectivity index (χ1n) is 12.5. The molecule has 41 heavy (non-hydrogen) atoms. The minimum absolute atomic E-state index is 0. The van der Waals surface area contributed by atoms with Crippen LogP contribution in [0.3, 0.4) is 0 Å². The molecular weight excluding hydrogens is 566 g/mol. The number of nitrogens with one attached hydrogen (secondary N) is 3. The Labute approximate surface area is 248 Å². The fourth-order valence-corrected chi connectivity index (χ4v) is 4.17. The summed E-state index contributed by atoms with van der Waals surface area (Å²) in [4.78, 5) is 37.9. The lowest BCUT2D eigenvalue weighted by Gasteiger charge is -2.16. The van der Waals surface area contributed by atoms with E-state index in [9.17, 15) is 14.0 Å². The standard InChI is InChI=1S/C30H27FN6O2.2ClH/c1-17(32)29(38)36-25-12-22(11-23(13-25)30(39)35-18(2)19-7-9-24(31)10-8-19)27-16-34-28(37-27)26-14-20-5-3-4-6-21(20)15-33-26;;/h3-18H,32H2,1-2H3,(H,34,37)(H,35,39)(H,36,38);2*1H/t17-,18-;;/m1../s1. The van der Waals surface area contributed by atoms with Gasteiger partial charge in [-0.1, -0.05) is 36.4 Å². The normalized spacial score (nSPS) is 12.0. The predicted octanol–water partition coefficient (Wildman–Crippen LogP) is 6.05. The molecule has 0 radical (unpaired) electrons. The molecular formula is C30H29Cl2FN6O2. The van der Waals surface area contributed by atoms with Crippen LogP contribution in [-0.2, 0) is 4.79 Å². The third-order valence-corrected chi connectivity index (χ3v) is 6.35. The first-order valence-corrected chi connectivity index (χ1v) is 12.5. The van der Waals surface area contributed by atoms with E-state index in [1.165, 1.54) is 12.1 Å². The Bertz CT molecular complexity index is 1670. The van der Waals surface area contributed by atoms with Crippen molar-refractivity contribution in [1.82, 2.24) is 20.3 Å². The molecule has 8 nitrogen and oxygen atoms in total. The first kappa shape index (κ1) is 31.2. The molecule has 0 aliphatic carbocycles. The van der Waals surface area contributed by atoms with E-state index >= 15 is 0 Å². The summed E-state index contributed by atoms with van der Waals surface area (Å²) in [5.41, 5.74) is 9.17. The molecule has 5 aromatic rings. The van der Waals surface area contributed by atoms with Crippen molar-refractivity contribution in [2.45, 2.75) is 25.9 Å². The van der Waals surface area contributed by atoms with Gasteiger partial charge in [-0.3, -0.25) is 14.6 Å². The SMILES string of the molecule is C[C@@H](N)C(=O)Nc1cc(C(=O)N[C@H](C)c2ccc(F)cc2)cc(-c2cnc(-c3cc4ccccc4cn3)[nH]2)c1.Cl.Cl. The topological polar surface area (TPSA) is 126 Å². The van der Waals surface area contributed by atoms with E-state index in [2.05, 4.69) is 25.6 Å². The van der Waals surface area contributed by atoms with E-state index in [1.54, 1.807) is 49.6 Å². The molecule has 0 spiro atoms. The average Bonchev–Trinajstić information content (AvgIpc) is 3.43. The van der Waals surface area contributed by atoms with Crippen molar-refractivity contribution in [1.29, 1.82) is 0 Å². The molecule has 5 N–H and O–H groups in total. The molecule has 3 aromatic carbocycles. The number of halogens is 3. The van der Waals surface area contributed by atoms with Gasteiger partial charge in [0.1, 0.15) is 11.5 Å². The van der Waals surface area contributed by atoms with Crippen molar-refractivity contribution < 1.29 is 14.0 Å². The number of hydrogen-bond acceptors (Lipinski definition) is 5. The number of carbonyl (C=O) groups is 2. The average molecular weight is 596 g/mol. The maximum absolute atomic E-state index is 13.3. The van der Waals surface area contributed by atoms with Gasteiger partial charge in [0, 0.05) is 28.4 Å². The van der Waals surface area contributed by atoms with Crippen LogP contribution < -0.4 is 16.4 Å². The highest BCUT2D eigenvalue weighted by molar-refractivity contribution is 6.00. The summed E-state index contributed by atoms with van der Waals surface area (Å²) in [6.45, 7) is 3.39. The number of hydrogen-bond donors (Lipinski definition) is 4. The zero-order valence-corrected chi connectivity index (χ0v) is 23.9. The molecule has 2 heterocycles. The van der Waals surface area contributed by atoms with E-state index in [-0.39, 0.29) is 48.5 Å². The number of pyridine rings is 1. The van der Waals surface area contributed by atoms with Gasteiger partial charge in [-0.05, 0) is 61.2 Å². The first-order chi connectivity index (χ1) is 18.8. The molecule has 11 heteroatoms. The molecule has 5 rings (SSSR count). The van der Waals surface area contributed by atoms with Crippen LogP contribution in [0.15, 0.2) is 85.2 Å². The van der Waals surface area contributed by atoms with E-state index in [0.717, 1.165) is 16.3 Å². The quantitative estimate of drug-likeness (QED) is 0.182. The van der Waals surface area contributed by atoms with Crippen molar-refractivity contribution in [3.05, 3.63) is 102 Å². The summed E-state index contributed by atoms with van der Waals surface area (Å²) in [5, 5.41) is 7.75. The summed E-state index contributed by atoms with van der Waals surface area (Å²) in [5.74, 6) is -0.529. The van der Waals surface area contributed by atoms with Gasteiger partial charge in [-0.2, -0.15) is 0 Å². The fraction of sp³-hybridized carbons (Fsp3) is 0.133. The Kier molecular flexibility index (Phi) is 10.2. The monoisotopic (exact) mass is 594 g/mol. The zero-order chi connectivity index (χ0) is 27.5. The number of benzene rings is 3. The number of imidazole rings is 1. The summed E-state index contributed by atoms with van der Waals surface area (Å²) in [6.07, 6.45) is 3.45. The molecule has 0 aliphatic heterocycles. The number of rotatable bonds is 7. The number of aromatic amines is 1. The van der Waals surface area contributed by atoms with Crippen LogP contribution in [0.25, 0.3) is 33.5 Å². The number of aromatic nitrogens is 3. The number of anilines is 1. The van der Waals surface area contributed by atoms with Crippen LogP contribution >= 0.6 is 24.8 Å². The molecule has 2 amide bonds. The lowest BCUT2D eigenvalue weighted by molar-refractivity contribution is -0.117. The molecule has 2 aromatic heterocycles. The third kappa shape index (κ3) is 7.26. The van der Waals surface area contributed by atoms with Crippen molar-refractivity contribution in [3.8, 4) is 22.8 Å². The van der Waals surface area contributed by atoms with E-state index in [1.807, 2.05) is 37.3 Å². The predicted molar refractivity (Wildman–Crippen MR) is 164 cm³/mol. The maximum Gasteiger partial charge on any atom is 0.251 e. The van der Waals surface area contributed by atoms with Crippen LogP contribution in [0.1, 0.15) is 35.8 Å². The molecule has 212 valence electrons. The summed E-state index contributed by atoms with van der Waals surface area (Å²) >= 11 is 0. The fourth-order valence-electron chi connectivity index (χ4n) is 4.17. The zero-order valence-electron chi connectivity index (χ0n) is 22.2. The number of nitrogens with zero attached hydrogens (tertiary/aromatic N) is 2. The summed E-state index contributed by atoms with van der Waals surface area (Å²) < 4.78 is 13.3. The Hall–Kier alpha value is -4.31. The molecule has 0 bridgehead atoms. The summed E-state index contributed by atoms with van der Waals surface area (Å²) in [6, 6.07) is 19.7. The van der Waals surface area contributed by atoms with Gasteiger partial charge in [0.05, 0.1) is 24.0 Å². The highest BCUT2D eigenvalue weighted by atomic mass is 35.5. The minimum atomic E-state index is -0.734. The van der Waals surface area contributed by atoms with Crippen molar-refractivity contribution in [2.75, 3.05) is 5.32 Å². The lowest BCUT2D eigenvalue weighted by atomic mass is 10.0. The summed E-state index contributed by atoms with van der Waals surface area (Å²) in [7, 11) is 0. The Morgan fingerprint density at radius 1 is 0.902 bits per heavy atom. The van der Waals surface area contributed by atoms with E-state index in [0.29, 0.717) is 34.0 Å². The van der Waals surface area contributed by atoms with Crippen molar-refractivity contribution in [2.24, 2.45) is 5.73 Å². The largest absolute Gasteiger partial charge is 0.346 e. The van der Waals surface area contributed by atoms with Gasteiger partial charge in [-0.25, -0.2) is 9.37 Å². The minimum Gasteiger partial charge on any atom is -0.346 e. The van der Waals surface area contributed by atoms with E-state index in [4.69, 9.17) is 5.73 Å². The maximum atomic E-state index is 13.3. The van der Waals surface area contributed by atoms with Gasteiger partial charge in [-0.15, -0.1) is 24.8 Å². The Morgan fingerprint density at radius 3 is 2.32 bits per heavy atom. The van der Waals surface area contributed by atoms with Crippen LogP contribution in [0.2, 0.25) is 0 Å². The van der Waals surface area contributed by atoms with Gasteiger partial charge in [0.2, 0.25) is 5.91 Å². The van der Waals surface area contributed by atoms with Gasteiger partial charge < -0.3 is 21.4 Å². The number of carbonyl (C=O) groups excluding carboxylic acids is 2. The second-order valence-corrected chi connectivity index (χ2v) is 9.39. The number of fused-ring (bicyclic) bond motifs is 1.